The predicted molar refractivity (Wildman–Crippen MR) is 97.0 cm³/mol. The maximum Gasteiger partial charge on any atom is 0.168 e. The Labute approximate surface area is 145 Å². The molecule has 0 N–H and O–H groups in total. The summed E-state index contributed by atoms with van der Waals surface area (Å²) in [5.41, 5.74) is 3.95. The van der Waals surface area contributed by atoms with Crippen LogP contribution in [0.5, 0.6) is 11.5 Å². The molecule has 0 unspecified atom stereocenters. The summed E-state index contributed by atoms with van der Waals surface area (Å²) in [6.07, 6.45) is 2.05. The van der Waals surface area contributed by atoms with Gasteiger partial charge in [-0.1, -0.05) is 24.3 Å². The third-order valence-corrected chi connectivity index (χ3v) is 4.15. The topological polar surface area (TPSA) is 48.7 Å². The molecule has 0 radical (unpaired) electrons. The summed E-state index contributed by atoms with van der Waals surface area (Å²) in [6, 6.07) is 19.8. The zero-order valence-electron chi connectivity index (χ0n) is 14.0. The maximum atomic E-state index is 5.31. The van der Waals surface area contributed by atoms with E-state index in [0.717, 1.165) is 39.7 Å². The molecule has 124 valence electrons. The van der Waals surface area contributed by atoms with E-state index in [-0.39, 0.29) is 0 Å². The Kier molecular flexibility index (Phi) is 3.82. The highest BCUT2D eigenvalue weighted by Gasteiger charge is 2.10. The first-order chi connectivity index (χ1) is 12.3. The Morgan fingerprint density at radius 1 is 0.720 bits per heavy atom. The van der Waals surface area contributed by atoms with Gasteiger partial charge in [0.1, 0.15) is 11.5 Å². The standard InChI is InChI=1S/C20H17N3O2/c1-24-17-9-6-14(7-10-17)16-8-11-19-21-22-20(23(19)13-16)15-4-3-5-18(12-15)25-2/h3-13H,1-2H3. The van der Waals surface area contributed by atoms with Crippen LogP contribution in [0.15, 0.2) is 66.9 Å². The van der Waals surface area contributed by atoms with Gasteiger partial charge in [-0.25, -0.2) is 0 Å². The van der Waals surface area contributed by atoms with Crippen LogP contribution in [-0.4, -0.2) is 28.8 Å². The van der Waals surface area contributed by atoms with Gasteiger partial charge < -0.3 is 9.47 Å². The maximum absolute atomic E-state index is 5.31. The molecule has 5 nitrogen and oxygen atoms in total. The average molecular weight is 331 g/mol. The quantitative estimate of drug-likeness (QED) is 0.565. The molecule has 0 saturated carbocycles. The van der Waals surface area contributed by atoms with Crippen molar-refractivity contribution in [3.05, 3.63) is 66.9 Å². The Hall–Kier alpha value is -3.34. The minimum atomic E-state index is 0.782. The van der Waals surface area contributed by atoms with E-state index >= 15 is 0 Å². The summed E-state index contributed by atoms with van der Waals surface area (Å²) in [7, 11) is 3.32. The summed E-state index contributed by atoms with van der Waals surface area (Å²) in [4.78, 5) is 0. The molecule has 4 aromatic rings. The van der Waals surface area contributed by atoms with E-state index in [9.17, 15) is 0 Å². The number of aromatic nitrogens is 3. The molecule has 4 rings (SSSR count). The lowest BCUT2D eigenvalue weighted by molar-refractivity contribution is 0.415. The lowest BCUT2D eigenvalue weighted by atomic mass is 10.1. The lowest BCUT2D eigenvalue weighted by Crippen LogP contribution is -1.92. The molecule has 0 amide bonds. The molecule has 0 aliphatic carbocycles. The number of hydrogen-bond acceptors (Lipinski definition) is 4. The first-order valence-corrected chi connectivity index (χ1v) is 7.92. The van der Waals surface area contributed by atoms with Gasteiger partial charge in [0.2, 0.25) is 0 Å². The van der Waals surface area contributed by atoms with E-state index in [1.54, 1.807) is 14.2 Å². The molecule has 0 atom stereocenters. The molecule has 0 aliphatic heterocycles. The number of rotatable bonds is 4. The zero-order chi connectivity index (χ0) is 17.2. The Morgan fingerprint density at radius 3 is 2.24 bits per heavy atom. The van der Waals surface area contributed by atoms with Crippen LogP contribution in [0.4, 0.5) is 0 Å². The Balaban J connectivity index is 1.81. The van der Waals surface area contributed by atoms with Crippen molar-refractivity contribution in [1.29, 1.82) is 0 Å². The van der Waals surface area contributed by atoms with E-state index in [4.69, 9.17) is 9.47 Å². The lowest BCUT2D eigenvalue weighted by Gasteiger charge is -2.07. The van der Waals surface area contributed by atoms with Crippen molar-refractivity contribution in [2.24, 2.45) is 0 Å². The monoisotopic (exact) mass is 331 g/mol. The highest BCUT2D eigenvalue weighted by Crippen LogP contribution is 2.26. The summed E-state index contributed by atoms with van der Waals surface area (Å²) in [5, 5.41) is 8.61. The van der Waals surface area contributed by atoms with Crippen molar-refractivity contribution in [2.45, 2.75) is 0 Å². The van der Waals surface area contributed by atoms with Crippen LogP contribution in [0.25, 0.3) is 28.2 Å². The molecule has 2 aromatic carbocycles. The molecule has 0 bridgehead atoms. The average Bonchev–Trinajstić information content (AvgIpc) is 3.11. The smallest absolute Gasteiger partial charge is 0.168 e. The van der Waals surface area contributed by atoms with Gasteiger partial charge in [0.15, 0.2) is 11.5 Å². The third kappa shape index (κ3) is 2.80. The molecule has 2 heterocycles. The minimum Gasteiger partial charge on any atom is -0.497 e. The molecule has 2 aromatic heterocycles. The van der Waals surface area contributed by atoms with Crippen LogP contribution in [-0.2, 0) is 0 Å². The van der Waals surface area contributed by atoms with E-state index in [2.05, 4.69) is 10.2 Å². The number of nitrogens with zero attached hydrogens (tertiary/aromatic N) is 3. The number of fused-ring (bicyclic) bond motifs is 1. The molecular formula is C20H17N3O2. The fourth-order valence-corrected chi connectivity index (χ4v) is 2.80. The van der Waals surface area contributed by atoms with E-state index in [1.807, 2.05) is 71.3 Å². The second-order valence-corrected chi connectivity index (χ2v) is 5.63. The highest BCUT2D eigenvalue weighted by atomic mass is 16.5. The predicted octanol–water partition coefficient (Wildman–Crippen LogP) is 4.08. The third-order valence-electron chi connectivity index (χ3n) is 4.15. The Morgan fingerprint density at radius 2 is 1.48 bits per heavy atom. The second kappa shape index (κ2) is 6.28. The van der Waals surface area contributed by atoms with Crippen molar-refractivity contribution < 1.29 is 9.47 Å². The van der Waals surface area contributed by atoms with Crippen LogP contribution in [0.1, 0.15) is 0 Å². The minimum absolute atomic E-state index is 0.782. The molecule has 0 saturated heterocycles. The van der Waals surface area contributed by atoms with E-state index < -0.39 is 0 Å². The van der Waals surface area contributed by atoms with E-state index in [0.29, 0.717) is 0 Å². The van der Waals surface area contributed by atoms with Crippen molar-refractivity contribution in [3.8, 4) is 34.0 Å². The fourth-order valence-electron chi connectivity index (χ4n) is 2.80. The van der Waals surface area contributed by atoms with Crippen LogP contribution >= 0.6 is 0 Å². The van der Waals surface area contributed by atoms with Crippen LogP contribution < -0.4 is 9.47 Å². The number of hydrogen-bond donors (Lipinski definition) is 0. The normalized spacial score (nSPS) is 10.8. The number of methoxy groups -OCH3 is 2. The number of ether oxygens (including phenoxy) is 2. The fraction of sp³-hybridized carbons (Fsp3) is 0.100. The Bertz CT molecular complexity index is 1020. The SMILES string of the molecule is COc1ccc(-c2ccc3nnc(-c4cccc(OC)c4)n3c2)cc1. The van der Waals surface area contributed by atoms with Crippen molar-refractivity contribution in [1.82, 2.24) is 14.6 Å². The molecule has 0 spiro atoms. The van der Waals surface area contributed by atoms with Gasteiger partial charge in [-0.3, -0.25) is 4.40 Å². The largest absolute Gasteiger partial charge is 0.497 e. The summed E-state index contributed by atoms with van der Waals surface area (Å²) < 4.78 is 12.5. The van der Waals surface area contributed by atoms with Crippen molar-refractivity contribution >= 4 is 5.65 Å². The van der Waals surface area contributed by atoms with Gasteiger partial charge in [0.25, 0.3) is 0 Å². The van der Waals surface area contributed by atoms with Gasteiger partial charge in [-0.15, -0.1) is 10.2 Å². The summed E-state index contributed by atoms with van der Waals surface area (Å²) in [5.74, 6) is 2.41. The molecule has 0 fully saturated rings. The van der Waals surface area contributed by atoms with E-state index in [1.165, 1.54) is 0 Å². The van der Waals surface area contributed by atoms with Gasteiger partial charge in [-0.05, 0) is 47.5 Å². The van der Waals surface area contributed by atoms with Crippen molar-refractivity contribution in [3.63, 3.8) is 0 Å². The second-order valence-electron chi connectivity index (χ2n) is 5.63. The number of benzene rings is 2. The highest BCUT2D eigenvalue weighted by molar-refractivity contribution is 5.68. The zero-order valence-corrected chi connectivity index (χ0v) is 14.0. The molecule has 5 heteroatoms. The van der Waals surface area contributed by atoms with Crippen molar-refractivity contribution in [2.75, 3.05) is 14.2 Å². The van der Waals surface area contributed by atoms with Gasteiger partial charge >= 0.3 is 0 Å². The molecule has 25 heavy (non-hydrogen) atoms. The van der Waals surface area contributed by atoms with Crippen LogP contribution in [0.2, 0.25) is 0 Å². The first-order valence-electron chi connectivity index (χ1n) is 7.92. The molecular weight excluding hydrogens is 314 g/mol. The van der Waals surface area contributed by atoms with Gasteiger partial charge in [-0.2, -0.15) is 0 Å². The van der Waals surface area contributed by atoms with Gasteiger partial charge in [0, 0.05) is 11.8 Å². The summed E-state index contributed by atoms with van der Waals surface area (Å²) >= 11 is 0. The van der Waals surface area contributed by atoms with Crippen LogP contribution in [0.3, 0.4) is 0 Å². The number of pyridine rings is 1. The summed E-state index contributed by atoms with van der Waals surface area (Å²) in [6.45, 7) is 0. The van der Waals surface area contributed by atoms with Gasteiger partial charge in [0.05, 0.1) is 14.2 Å². The molecule has 0 aliphatic rings. The van der Waals surface area contributed by atoms with Crippen LogP contribution in [0, 0.1) is 0 Å². The first kappa shape index (κ1) is 15.2.